The molecule has 0 aromatic heterocycles. The van der Waals surface area contributed by atoms with Crippen LogP contribution in [0.25, 0.3) is 0 Å². The Morgan fingerprint density at radius 3 is 2.36 bits per heavy atom. The SMILES string of the molecule is COc1cc(CNC23CC4CC(C)(CC(C)(C4)C2)C3)c(Cl)cc1OCc1c(F)cccc1Cl. The highest BCUT2D eigenvalue weighted by molar-refractivity contribution is 6.31. The number of ether oxygens (including phenoxy) is 2. The highest BCUT2D eigenvalue weighted by atomic mass is 35.5. The van der Waals surface area contributed by atoms with Gasteiger partial charge in [0.15, 0.2) is 11.5 Å². The highest BCUT2D eigenvalue weighted by Crippen LogP contribution is 2.66. The zero-order chi connectivity index (χ0) is 23.4. The van der Waals surface area contributed by atoms with Gasteiger partial charge in [-0.05, 0) is 79.0 Å². The number of rotatable bonds is 7. The van der Waals surface area contributed by atoms with Crippen molar-refractivity contribution in [3.05, 3.63) is 57.3 Å². The topological polar surface area (TPSA) is 30.5 Å². The number of hydrogen-bond donors (Lipinski definition) is 1. The summed E-state index contributed by atoms with van der Waals surface area (Å²) in [5.74, 6) is 1.48. The molecule has 4 saturated carbocycles. The predicted molar refractivity (Wildman–Crippen MR) is 131 cm³/mol. The van der Waals surface area contributed by atoms with Gasteiger partial charge >= 0.3 is 0 Å². The van der Waals surface area contributed by atoms with E-state index < -0.39 is 5.82 Å². The van der Waals surface area contributed by atoms with Gasteiger partial charge in [-0.2, -0.15) is 0 Å². The van der Waals surface area contributed by atoms with Crippen LogP contribution in [0.3, 0.4) is 0 Å². The van der Waals surface area contributed by atoms with Crippen LogP contribution >= 0.6 is 23.2 Å². The Bertz CT molecular complexity index is 1040. The zero-order valence-corrected chi connectivity index (χ0v) is 21.1. The smallest absolute Gasteiger partial charge is 0.163 e. The van der Waals surface area contributed by atoms with Crippen molar-refractivity contribution < 1.29 is 13.9 Å². The Morgan fingerprint density at radius 1 is 1.00 bits per heavy atom. The summed E-state index contributed by atoms with van der Waals surface area (Å²) in [7, 11) is 1.60. The Hall–Kier alpha value is -1.49. The summed E-state index contributed by atoms with van der Waals surface area (Å²) in [6.07, 6.45) is 7.85. The van der Waals surface area contributed by atoms with Gasteiger partial charge in [0, 0.05) is 28.7 Å². The summed E-state index contributed by atoms with van der Waals surface area (Å²) in [6, 6.07) is 8.28. The molecule has 0 amide bonds. The zero-order valence-electron chi connectivity index (χ0n) is 19.6. The highest BCUT2D eigenvalue weighted by Gasteiger charge is 2.59. The van der Waals surface area contributed by atoms with Crippen LogP contribution in [0.15, 0.2) is 30.3 Å². The molecule has 2 unspecified atom stereocenters. The Morgan fingerprint density at radius 2 is 1.73 bits per heavy atom. The van der Waals surface area contributed by atoms with Crippen LogP contribution in [0.2, 0.25) is 10.0 Å². The average molecular weight is 492 g/mol. The van der Waals surface area contributed by atoms with E-state index in [0.29, 0.717) is 44.5 Å². The molecule has 4 bridgehead atoms. The Kier molecular flexibility index (Phi) is 5.86. The van der Waals surface area contributed by atoms with E-state index in [-0.39, 0.29) is 12.1 Å². The second-order valence-electron chi connectivity index (χ2n) is 11.3. The number of hydrogen-bond acceptors (Lipinski definition) is 3. The molecule has 4 fully saturated rings. The summed E-state index contributed by atoms with van der Waals surface area (Å²) in [5.41, 5.74) is 2.39. The molecule has 2 atom stereocenters. The quantitative estimate of drug-likeness (QED) is 0.433. The molecule has 0 heterocycles. The van der Waals surface area contributed by atoms with Crippen LogP contribution in [-0.4, -0.2) is 12.6 Å². The Balaban J connectivity index is 1.32. The van der Waals surface area contributed by atoms with Crippen molar-refractivity contribution in [3.8, 4) is 11.5 Å². The largest absolute Gasteiger partial charge is 0.493 e. The molecule has 0 radical (unpaired) electrons. The van der Waals surface area contributed by atoms with E-state index in [9.17, 15) is 4.39 Å². The van der Waals surface area contributed by atoms with Gasteiger partial charge < -0.3 is 14.8 Å². The fourth-order valence-corrected chi connectivity index (χ4v) is 8.17. The third-order valence-corrected chi connectivity index (χ3v) is 8.75. The third-order valence-electron chi connectivity index (χ3n) is 8.05. The van der Waals surface area contributed by atoms with E-state index in [4.69, 9.17) is 32.7 Å². The number of methoxy groups -OCH3 is 1. The Labute approximate surface area is 205 Å². The van der Waals surface area contributed by atoms with E-state index in [1.807, 2.05) is 6.07 Å². The second-order valence-corrected chi connectivity index (χ2v) is 12.2. The number of halogens is 3. The van der Waals surface area contributed by atoms with Crippen molar-refractivity contribution in [2.24, 2.45) is 16.7 Å². The molecule has 2 aromatic carbocycles. The molecule has 3 nitrogen and oxygen atoms in total. The van der Waals surface area contributed by atoms with Crippen LogP contribution in [0.4, 0.5) is 4.39 Å². The lowest BCUT2D eigenvalue weighted by molar-refractivity contribution is -0.118. The summed E-state index contributed by atoms with van der Waals surface area (Å²) < 4.78 is 25.6. The van der Waals surface area contributed by atoms with E-state index >= 15 is 0 Å². The molecule has 6 heteroatoms. The predicted octanol–water partition coefficient (Wildman–Crippen LogP) is 7.56. The minimum Gasteiger partial charge on any atom is -0.493 e. The molecule has 0 aliphatic heterocycles. The van der Waals surface area contributed by atoms with Crippen LogP contribution < -0.4 is 14.8 Å². The summed E-state index contributed by atoms with van der Waals surface area (Å²) in [5, 5.41) is 4.87. The van der Waals surface area contributed by atoms with Gasteiger partial charge in [-0.1, -0.05) is 43.1 Å². The van der Waals surface area contributed by atoms with Gasteiger partial charge in [0.25, 0.3) is 0 Å². The molecule has 4 aliphatic carbocycles. The molecule has 33 heavy (non-hydrogen) atoms. The first kappa shape index (κ1) is 23.3. The number of nitrogens with one attached hydrogen (secondary N) is 1. The van der Waals surface area contributed by atoms with Crippen LogP contribution in [0.5, 0.6) is 11.5 Å². The van der Waals surface area contributed by atoms with Crippen LogP contribution in [0, 0.1) is 22.6 Å². The third kappa shape index (κ3) is 4.47. The second kappa shape index (κ2) is 8.32. The van der Waals surface area contributed by atoms with E-state index in [0.717, 1.165) is 11.5 Å². The maximum absolute atomic E-state index is 14.1. The van der Waals surface area contributed by atoms with E-state index in [1.165, 1.54) is 44.6 Å². The summed E-state index contributed by atoms with van der Waals surface area (Å²) in [6.45, 7) is 5.65. The average Bonchev–Trinajstić information content (AvgIpc) is 2.70. The lowest BCUT2D eigenvalue weighted by Crippen LogP contribution is -2.63. The fourth-order valence-electron chi connectivity index (χ4n) is 7.73. The number of benzene rings is 2. The molecule has 6 rings (SSSR count). The molecular weight excluding hydrogens is 460 g/mol. The first-order chi connectivity index (χ1) is 15.6. The lowest BCUT2D eigenvalue weighted by atomic mass is 9.43. The molecular formula is C27H32Cl2FNO2. The van der Waals surface area contributed by atoms with Crippen molar-refractivity contribution in [2.45, 2.75) is 71.1 Å². The minimum atomic E-state index is -0.397. The maximum Gasteiger partial charge on any atom is 0.163 e. The lowest BCUT2D eigenvalue weighted by Gasteiger charge is -2.65. The van der Waals surface area contributed by atoms with Crippen molar-refractivity contribution in [3.63, 3.8) is 0 Å². The van der Waals surface area contributed by atoms with Gasteiger partial charge in [-0.25, -0.2) is 4.39 Å². The molecule has 178 valence electrons. The molecule has 1 N–H and O–H groups in total. The summed E-state index contributed by atoms with van der Waals surface area (Å²) in [4.78, 5) is 0. The van der Waals surface area contributed by atoms with Gasteiger partial charge in [0.1, 0.15) is 12.4 Å². The van der Waals surface area contributed by atoms with Gasteiger partial charge in [0.05, 0.1) is 12.1 Å². The fraction of sp³-hybridized carbons (Fsp3) is 0.556. The van der Waals surface area contributed by atoms with Gasteiger partial charge in [-0.3, -0.25) is 0 Å². The molecule has 0 spiro atoms. The van der Waals surface area contributed by atoms with Crippen molar-refractivity contribution in [1.82, 2.24) is 5.32 Å². The maximum atomic E-state index is 14.1. The van der Waals surface area contributed by atoms with Crippen LogP contribution in [0.1, 0.15) is 63.5 Å². The molecule has 4 aliphatic rings. The van der Waals surface area contributed by atoms with Gasteiger partial charge in [-0.15, -0.1) is 0 Å². The van der Waals surface area contributed by atoms with Crippen LogP contribution in [-0.2, 0) is 13.2 Å². The standard InChI is InChI=1S/C27H32Cl2FNO2/c1-25-9-17-10-26(2,14-25)16-27(11-17,15-25)31-12-18-7-23(32-3)24(8-21(18)29)33-13-19-20(28)5-4-6-22(19)30/h4-8,17,31H,9-16H2,1-3H3. The normalized spacial score (nSPS) is 32.2. The van der Waals surface area contributed by atoms with E-state index in [1.54, 1.807) is 25.3 Å². The molecule has 2 aromatic rings. The summed E-state index contributed by atoms with van der Waals surface area (Å²) >= 11 is 12.8. The van der Waals surface area contributed by atoms with Gasteiger partial charge in [0.2, 0.25) is 0 Å². The first-order valence-corrected chi connectivity index (χ1v) is 12.5. The van der Waals surface area contributed by atoms with Crippen molar-refractivity contribution >= 4 is 23.2 Å². The van der Waals surface area contributed by atoms with Crippen molar-refractivity contribution in [2.75, 3.05) is 7.11 Å². The molecule has 0 saturated heterocycles. The monoisotopic (exact) mass is 491 g/mol. The minimum absolute atomic E-state index is 0.00252. The van der Waals surface area contributed by atoms with E-state index in [2.05, 4.69) is 19.2 Å². The van der Waals surface area contributed by atoms with Crippen molar-refractivity contribution in [1.29, 1.82) is 0 Å². The first-order valence-electron chi connectivity index (χ1n) is 11.8.